The van der Waals surface area contributed by atoms with Crippen LogP contribution in [0.1, 0.15) is 125 Å². The maximum Gasteiger partial charge on any atom is 0.0508 e. The lowest BCUT2D eigenvalue weighted by atomic mass is 9.47. The largest absolute Gasteiger partial charge is 0.310 e. The highest BCUT2D eigenvalue weighted by molar-refractivity contribution is 5.93. The molecule has 11 atom stereocenters. The molecular weight excluding hydrogens is 759 g/mol. The van der Waals surface area contributed by atoms with Crippen LogP contribution in [0.25, 0.3) is 33.4 Å². The van der Waals surface area contributed by atoms with Crippen molar-refractivity contribution in [1.82, 2.24) is 0 Å². The minimum Gasteiger partial charge on any atom is -0.310 e. The van der Waals surface area contributed by atoms with E-state index in [0.717, 1.165) is 41.4 Å². The van der Waals surface area contributed by atoms with Crippen molar-refractivity contribution in [1.29, 1.82) is 0 Å². The maximum atomic E-state index is 2.77. The first-order valence-electron chi connectivity index (χ1n) is 25.4. The van der Waals surface area contributed by atoms with Crippen LogP contribution in [0.5, 0.6) is 0 Å². The molecule has 0 N–H and O–H groups in total. The Morgan fingerprint density at radius 2 is 1.08 bits per heavy atom. The molecule has 10 aliphatic rings. The van der Waals surface area contributed by atoms with Gasteiger partial charge in [0.15, 0.2) is 0 Å². The van der Waals surface area contributed by atoms with E-state index in [-0.39, 0.29) is 16.2 Å². The summed E-state index contributed by atoms with van der Waals surface area (Å²) in [6.07, 6.45) is 15.6. The van der Waals surface area contributed by atoms with E-state index in [1.807, 2.05) is 0 Å². The number of fused-ring (bicyclic) bond motifs is 15. The van der Waals surface area contributed by atoms with E-state index in [0.29, 0.717) is 11.8 Å². The van der Waals surface area contributed by atoms with E-state index >= 15 is 0 Å². The molecule has 0 aliphatic heterocycles. The Bertz CT molecular complexity index is 2930. The highest BCUT2D eigenvalue weighted by Gasteiger charge is 2.62. The number of hydrogen-bond donors (Lipinski definition) is 0. The zero-order valence-electron chi connectivity index (χ0n) is 37.5. The molecule has 6 aromatic rings. The Kier molecular flexibility index (Phi) is 7.22. The van der Waals surface area contributed by atoms with Gasteiger partial charge in [0.2, 0.25) is 0 Å². The maximum absolute atomic E-state index is 2.77. The second-order valence-electron chi connectivity index (χ2n) is 23.2. The van der Waals surface area contributed by atoms with Crippen molar-refractivity contribution < 1.29 is 0 Å². The second-order valence-corrected chi connectivity index (χ2v) is 23.2. The van der Waals surface area contributed by atoms with Gasteiger partial charge >= 0.3 is 0 Å². The van der Waals surface area contributed by atoms with Crippen LogP contribution in [0.2, 0.25) is 0 Å². The molecule has 7 bridgehead atoms. The lowest BCUT2D eigenvalue weighted by Gasteiger charge is -2.57. The average Bonchev–Trinajstić information content (AvgIpc) is 3.77. The van der Waals surface area contributed by atoms with Crippen LogP contribution in [0.15, 0.2) is 127 Å². The van der Waals surface area contributed by atoms with E-state index in [1.54, 1.807) is 22.3 Å². The minimum atomic E-state index is -0.141. The first-order chi connectivity index (χ1) is 30.8. The molecule has 0 radical (unpaired) electrons. The smallest absolute Gasteiger partial charge is 0.0508 e. The Morgan fingerprint density at radius 3 is 1.89 bits per heavy atom. The monoisotopic (exact) mass is 819 g/mol. The molecule has 1 nitrogen and oxygen atoms in total. The molecule has 10 unspecified atom stereocenters. The molecule has 10 aliphatic carbocycles. The second kappa shape index (κ2) is 12.5. The van der Waals surface area contributed by atoms with Crippen molar-refractivity contribution in [3.05, 3.63) is 161 Å². The first kappa shape index (κ1) is 36.5. The van der Waals surface area contributed by atoms with Crippen LogP contribution in [-0.4, -0.2) is 0 Å². The summed E-state index contributed by atoms with van der Waals surface area (Å²) in [5, 5.41) is 0. The van der Waals surface area contributed by atoms with Crippen molar-refractivity contribution in [2.75, 3.05) is 4.90 Å². The predicted molar refractivity (Wildman–Crippen MR) is 259 cm³/mol. The zero-order chi connectivity index (χ0) is 41.6. The molecule has 0 aromatic heterocycles. The molecule has 6 aromatic carbocycles. The molecule has 63 heavy (non-hydrogen) atoms. The van der Waals surface area contributed by atoms with E-state index < -0.39 is 0 Å². The van der Waals surface area contributed by atoms with Gasteiger partial charge in [0, 0.05) is 27.6 Å². The molecule has 0 saturated heterocycles. The SMILES string of the molecule is C[C@H]1C2CCC3CC(C2)CC1C31c2ccccc2-c2ccc(N(c3ccc4c(c3)C3(CC5CCC6CC5CC3C6)c3ccccc3-4)c3cccc4c3C(C)(C)c3ccccc3-4)cc21. The standard InChI is InChI=1S/C62H61N/c1-36-39-21-22-42-30-38(28-39)31-55(36)62(42)54-17-9-6-12-47(54)50-26-24-45(34-57(50)62)63(58-18-10-14-51-48-13-4-7-15-52(48)60(2,3)59(51)58)44-23-25-49-46-11-5-8-16-53(46)61(56(49)33-44)35-40-20-19-37-27-41(40)32-43(61)29-37/h4-18,23-26,33-34,36-43,55H,19-22,27-32,35H2,1-3H3/t36-,37?,38?,39?,40?,41?,42?,43?,55?,61?,62?/m0/s1. The molecule has 7 saturated carbocycles. The highest BCUT2D eigenvalue weighted by atomic mass is 15.1. The van der Waals surface area contributed by atoms with Crippen LogP contribution in [0, 0.1) is 53.3 Å². The van der Waals surface area contributed by atoms with E-state index in [9.17, 15) is 0 Å². The van der Waals surface area contributed by atoms with Crippen molar-refractivity contribution >= 4 is 17.1 Å². The number of nitrogens with zero attached hydrogens (tertiary/aromatic N) is 1. The van der Waals surface area contributed by atoms with Gasteiger partial charge in [-0.2, -0.15) is 0 Å². The summed E-state index contributed by atoms with van der Waals surface area (Å²) in [7, 11) is 0. The van der Waals surface area contributed by atoms with Gasteiger partial charge in [0.1, 0.15) is 0 Å². The summed E-state index contributed by atoms with van der Waals surface area (Å²) in [6.45, 7) is 7.63. The van der Waals surface area contributed by atoms with E-state index in [1.165, 1.54) is 132 Å². The molecule has 2 spiro atoms. The van der Waals surface area contributed by atoms with Crippen molar-refractivity contribution in [3.8, 4) is 33.4 Å². The Balaban J connectivity index is 0.984. The lowest BCUT2D eigenvalue weighted by molar-refractivity contribution is -0.0103. The summed E-state index contributed by atoms with van der Waals surface area (Å²) >= 11 is 0. The summed E-state index contributed by atoms with van der Waals surface area (Å²) in [5.74, 6) is 7.34. The zero-order valence-corrected chi connectivity index (χ0v) is 37.5. The summed E-state index contributed by atoms with van der Waals surface area (Å²) in [5.41, 5.74) is 22.4. The van der Waals surface area contributed by atoms with Crippen LogP contribution in [0.4, 0.5) is 17.1 Å². The average molecular weight is 820 g/mol. The van der Waals surface area contributed by atoms with Crippen LogP contribution in [0.3, 0.4) is 0 Å². The molecule has 314 valence electrons. The summed E-state index contributed by atoms with van der Waals surface area (Å²) in [6, 6.07) is 51.6. The van der Waals surface area contributed by atoms with Crippen LogP contribution < -0.4 is 4.90 Å². The number of anilines is 3. The van der Waals surface area contributed by atoms with Gasteiger partial charge in [0.25, 0.3) is 0 Å². The van der Waals surface area contributed by atoms with Gasteiger partial charge in [-0.15, -0.1) is 0 Å². The molecular formula is C62H61N. The molecule has 0 heterocycles. The topological polar surface area (TPSA) is 3.24 Å². The van der Waals surface area contributed by atoms with Crippen LogP contribution in [-0.2, 0) is 16.2 Å². The van der Waals surface area contributed by atoms with Crippen molar-refractivity contribution in [2.24, 2.45) is 53.3 Å². The van der Waals surface area contributed by atoms with Gasteiger partial charge < -0.3 is 4.90 Å². The third kappa shape index (κ3) is 4.47. The quantitative estimate of drug-likeness (QED) is 0.172. The van der Waals surface area contributed by atoms with Crippen molar-refractivity contribution in [2.45, 2.75) is 108 Å². The van der Waals surface area contributed by atoms with Crippen LogP contribution >= 0.6 is 0 Å². The van der Waals surface area contributed by atoms with Gasteiger partial charge in [-0.3, -0.25) is 0 Å². The highest BCUT2D eigenvalue weighted by Crippen LogP contribution is 2.70. The van der Waals surface area contributed by atoms with E-state index in [4.69, 9.17) is 0 Å². The van der Waals surface area contributed by atoms with Gasteiger partial charge in [-0.1, -0.05) is 124 Å². The van der Waals surface area contributed by atoms with Crippen molar-refractivity contribution in [3.63, 3.8) is 0 Å². The Morgan fingerprint density at radius 1 is 0.460 bits per heavy atom. The Hall–Kier alpha value is -4.88. The molecule has 16 rings (SSSR count). The fraction of sp³-hybridized carbons (Fsp3) is 0.419. The van der Waals surface area contributed by atoms with E-state index in [2.05, 4.69) is 153 Å². The fourth-order valence-corrected chi connectivity index (χ4v) is 18.4. The van der Waals surface area contributed by atoms with Gasteiger partial charge in [-0.05, 0) is 215 Å². The third-order valence-corrected chi connectivity index (χ3v) is 20.7. The summed E-state index contributed by atoms with van der Waals surface area (Å²) in [4.78, 5) is 2.77. The fourth-order valence-electron chi connectivity index (χ4n) is 18.4. The predicted octanol–water partition coefficient (Wildman–Crippen LogP) is 15.9. The lowest BCUT2D eigenvalue weighted by Crippen LogP contribution is -2.51. The number of hydrogen-bond acceptors (Lipinski definition) is 1. The minimum absolute atomic E-state index is 0.0788. The molecule has 1 heteroatoms. The normalized spacial score (nSPS) is 34.6. The van der Waals surface area contributed by atoms with Gasteiger partial charge in [0.05, 0.1) is 5.69 Å². The summed E-state index contributed by atoms with van der Waals surface area (Å²) < 4.78 is 0. The number of rotatable bonds is 3. The Labute approximate surface area is 375 Å². The molecule has 0 amide bonds. The first-order valence-corrected chi connectivity index (χ1v) is 25.4. The number of benzene rings is 6. The molecule has 7 fully saturated rings. The van der Waals surface area contributed by atoms with Gasteiger partial charge in [-0.25, -0.2) is 0 Å². The third-order valence-electron chi connectivity index (χ3n) is 20.7.